The second-order valence-corrected chi connectivity index (χ2v) is 6.95. The van der Waals surface area contributed by atoms with Gasteiger partial charge in [0.1, 0.15) is 0 Å². The van der Waals surface area contributed by atoms with Gasteiger partial charge in [0.25, 0.3) is 0 Å². The lowest BCUT2D eigenvalue weighted by atomic mass is 10.0. The van der Waals surface area contributed by atoms with Crippen molar-refractivity contribution in [2.24, 2.45) is 0 Å². The van der Waals surface area contributed by atoms with Crippen molar-refractivity contribution < 1.29 is 30.0 Å². The molecule has 1 fully saturated rings. The Labute approximate surface area is 156 Å². The number of ether oxygens (including phenoxy) is 1. The maximum absolute atomic E-state index is 10.4. The molecular weight excluding hydrogens is 336 g/mol. The molecule has 1 rings (SSSR count). The first kappa shape index (κ1) is 22.8. The molecule has 0 aromatic carbocycles. The molecule has 0 bridgehead atoms. The van der Waals surface area contributed by atoms with Crippen LogP contribution in [0.3, 0.4) is 0 Å². The molecule has 4 N–H and O–H groups in total. The molecule has 0 unspecified atom stereocenters. The van der Waals surface area contributed by atoms with Crippen LogP contribution in [0, 0.1) is 0 Å². The number of carbonyl (C=O) groups is 1. The van der Waals surface area contributed by atoms with E-state index in [1.165, 1.54) is 12.2 Å². The van der Waals surface area contributed by atoms with Crippen LogP contribution in [-0.2, 0) is 9.53 Å². The van der Waals surface area contributed by atoms with Crippen LogP contribution in [0.5, 0.6) is 0 Å². The number of aliphatic hydroxyl groups is 3. The predicted molar refractivity (Wildman–Crippen MR) is 99.8 cm³/mol. The molecule has 0 amide bonds. The molecule has 0 aliphatic carbocycles. The van der Waals surface area contributed by atoms with Crippen molar-refractivity contribution in [1.82, 2.24) is 0 Å². The average Bonchev–Trinajstić information content (AvgIpc) is 2.97. The number of hydrogen-bond acceptors (Lipinski definition) is 5. The van der Waals surface area contributed by atoms with E-state index in [0.717, 1.165) is 25.7 Å². The van der Waals surface area contributed by atoms with Crippen LogP contribution in [0.4, 0.5) is 0 Å². The number of aliphatic hydroxyl groups excluding tert-OH is 3. The van der Waals surface area contributed by atoms with Crippen molar-refractivity contribution in [2.45, 2.75) is 95.2 Å². The summed E-state index contributed by atoms with van der Waals surface area (Å²) in [5.74, 6) is -0.804. The van der Waals surface area contributed by atoms with Gasteiger partial charge in [-0.1, -0.05) is 50.5 Å². The second-order valence-electron chi connectivity index (χ2n) is 6.95. The standard InChI is InChI=1S/C20H34O6/c1-2-3-6-10-18-17(23)14-19(26-18)16(22)13-12-15(21)9-7-4-5-8-11-20(24)25/h4,7,12-13,15-19,21-23H,2-3,5-6,8-11,14H2,1H3,(H,24,25)/b7-4-,13-12-/t15-,16+,17+,18+,19+/m0/s1. The topological polar surface area (TPSA) is 107 Å². The molecule has 1 heterocycles. The van der Waals surface area contributed by atoms with Crippen molar-refractivity contribution >= 4 is 5.97 Å². The first-order valence-electron chi connectivity index (χ1n) is 9.68. The lowest BCUT2D eigenvalue weighted by molar-refractivity contribution is -0.137. The van der Waals surface area contributed by atoms with Crippen LogP contribution in [-0.4, -0.2) is 56.9 Å². The van der Waals surface area contributed by atoms with Gasteiger partial charge in [0, 0.05) is 12.8 Å². The Morgan fingerprint density at radius 3 is 2.65 bits per heavy atom. The van der Waals surface area contributed by atoms with E-state index in [9.17, 15) is 20.1 Å². The summed E-state index contributed by atoms with van der Waals surface area (Å²) in [5.41, 5.74) is 0. The molecule has 1 aliphatic heterocycles. The van der Waals surface area contributed by atoms with E-state index in [4.69, 9.17) is 9.84 Å². The van der Waals surface area contributed by atoms with Crippen molar-refractivity contribution in [1.29, 1.82) is 0 Å². The fourth-order valence-corrected chi connectivity index (χ4v) is 3.01. The Morgan fingerprint density at radius 2 is 1.96 bits per heavy atom. The average molecular weight is 370 g/mol. The first-order valence-corrected chi connectivity index (χ1v) is 9.68. The normalized spacial score (nSPS) is 25.9. The van der Waals surface area contributed by atoms with Crippen LogP contribution < -0.4 is 0 Å². The molecule has 6 nitrogen and oxygen atoms in total. The molecule has 0 aromatic heterocycles. The van der Waals surface area contributed by atoms with Gasteiger partial charge >= 0.3 is 5.97 Å². The summed E-state index contributed by atoms with van der Waals surface area (Å²) < 4.78 is 5.76. The monoisotopic (exact) mass is 370 g/mol. The van der Waals surface area contributed by atoms with E-state index in [1.54, 1.807) is 0 Å². The van der Waals surface area contributed by atoms with Crippen LogP contribution in [0.25, 0.3) is 0 Å². The molecule has 150 valence electrons. The highest BCUT2D eigenvalue weighted by molar-refractivity contribution is 5.66. The van der Waals surface area contributed by atoms with Gasteiger partial charge in [0.05, 0.1) is 30.5 Å². The predicted octanol–water partition coefficient (Wildman–Crippen LogP) is 2.56. The van der Waals surface area contributed by atoms with Crippen molar-refractivity contribution in [3.05, 3.63) is 24.3 Å². The molecular formula is C20H34O6. The molecule has 0 spiro atoms. The van der Waals surface area contributed by atoms with Crippen LogP contribution in [0.1, 0.15) is 64.7 Å². The highest BCUT2D eigenvalue weighted by Gasteiger charge is 2.36. The van der Waals surface area contributed by atoms with Crippen LogP contribution in [0.15, 0.2) is 24.3 Å². The van der Waals surface area contributed by atoms with Gasteiger partial charge in [-0.3, -0.25) is 4.79 Å². The minimum absolute atomic E-state index is 0.145. The number of aliphatic carboxylic acids is 1. The van der Waals surface area contributed by atoms with E-state index in [2.05, 4.69) is 6.92 Å². The van der Waals surface area contributed by atoms with Gasteiger partial charge in [0.15, 0.2) is 0 Å². The van der Waals surface area contributed by atoms with Crippen molar-refractivity contribution in [3.8, 4) is 0 Å². The van der Waals surface area contributed by atoms with Crippen LogP contribution >= 0.6 is 0 Å². The summed E-state index contributed by atoms with van der Waals surface area (Å²) in [5, 5.41) is 38.7. The number of allylic oxidation sites excluding steroid dienone is 1. The van der Waals surface area contributed by atoms with E-state index in [1.807, 2.05) is 12.2 Å². The van der Waals surface area contributed by atoms with Gasteiger partial charge in [-0.15, -0.1) is 0 Å². The molecule has 0 saturated carbocycles. The lowest BCUT2D eigenvalue weighted by Crippen LogP contribution is -2.25. The summed E-state index contributed by atoms with van der Waals surface area (Å²) >= 11 is 0. The number of carboxylic acids is 1. The van der Waals surface area contributed by atoms with Gasteiger partial charge in [0.2, 0.25) is 0 Å². The van der Waals surface area contributed by atoms with E-state index in [-0.39, 0.29) is 12.5 Å². The number of carboxylic acid groups (broad SMARTS) is 1. The third kappa shape index (κ3) is 9.48. The zero-order chi connectivity index (χ0) is 19.4. The molecule has 26 heavy (non-hydrogen) atoms. The molecule has 0 aromatic rings. The minimum Gasteiger partial charge on any atom is -0.481 e. The summed E-state index contributed by atoms with van der Waals surface area (Å²) in [6.45, 7) is 2.12. The lowest BCUT2D eigenvalue weighted by Gasteiger charge is -2.17. The molecule has 6 heteroatoms. The molecule has 5 atom stereocenters. The first-order chi connectivity index (χ1) is 12.4. The summed E-state index contributed by atoms with van der Waals surface area (Å²) in [4.78, 5) is 10.4. The van der Waals surface area contributed by atoms with E-state index in [0.29, 0.717) is 25.7 Å². The Kier molecular flexibility index (Phi) is 11.4. The quantitative estimate of drug-likeness (QED) is 0.293. The van der Waals surface area contributed by atoms with E-state index < -0.39 is 30.4 Å². The van der Waals surface area contributed by atoms with Gasteiger partial charge in [-0.2, -0.15) is 0 Å². The van der Waals surface area contributed by atoms with Crippen molar-refractivity contribution in [2.75, 3.05) is 0 Å². The Bertz CT molecular complexity index is 448. The highest BCUT2D eigenvalue weighted by Crippen LogP contribution is 2.27. The maximum Gasteiger partial charge on any atom is 0.303 e. The Balaban J connectivity index is 2.27. The Hall–Kier alpha value is -1.21. The van der Waals surface area contributed by atoms with Gasteiger partial charge in [-0.05, 0) is 25.7 Å². The van der Waals surface area contributed by atoms with Crippen molar-refractivity contribution in [3.63, 3.8) is 0 Å². The molecule has 1 saturated heterocycles. The summed E-state index contributed by atoms with van der Waals surface area (Å²) in [6, 6.07) is 0. The summed E-state index contributed by atoms with van der Waals surface area (Å²) in [7, 11) is 0. The molecule has 1 aliphatic rings. The van der Waals surface area contributed by atoms with Gasteiger partial charge < -0.3 is 25.2 Å². The highest BCUT2D eigenvalue weighted by atomic mass is 16.5. The maximum atomic E-state index is 10.4. The van der Waals surface area contributed by atoms with Crippen LogP contribution in [0.2, 0.25) is 0 Å². The number of unbranched alkanes of at least 4 members (excludes halogenated alkanes) is 3. The van der Waals surface area contributed by atoms with E-state index >= 15 is 0 Å². The zero-order valence-corrected chi connectivity index (χ0v) is 15.7. The smallest absolute Gasteiger partial charge is 0.303 e. The third-order valence-electron chi connectivity index (χ3n) is 4.56. The number of rotatable bonds is 13. The fourth-order valence-electron chi connectivity index (χ4n) is 3.01. The number of hydrogen-bond donors (Lipinski definition) is 4. The zero-order valence-electron chi connectivity index (χ0n) is 15.7. The minimum atomic E-state index is -0.852. The SMILES string of the molecule is CCCCC[C@H]1O[C@@H]([C@H](O)/C=C\[C@@H](O)C/C=C\CCCC(=O)O)C[C@H]1O. The fraction of sp³-hybridized carbons (Fsp3) is 0.750. The Morgan fingerprint density at radius 1 is 1.19 bits per heavy atom. The largest absolute Gasteiger partial charge is 0.481 e. The molecule has 0 radical (unpaired) electrons. The second kappa shape index (κ2) is 13.0. The summed E-state index contributed by atoms with van der Waals surface area (Å²) in [6.07, 6.45) is 10.2. The third-order valence-corrected chi connectivity index (χ3v) is 4.56. The van der Waals surface area contributed by atoms with Gasteiger partial charge in [-0.25, -0.2) is 0 Å².